The van der Waals surface area contributed by atoms with E-state index in [9.17, 15) is 0 Å². The van der Waals surface area contributed by atoms with Crippen molar-refractivity contribution in [3.8, 4) is 0 Å². The van der Waals surface area contributed by atoms with Crippen molar-refractivity contribution in [2.24, 2.45) is 11.8 Å². The number of halogens is 1. The number of aromatic nitrogens is 1. The van der Waals surface area contributed by atoms with E-state index in [1.54, 1.807) is 6.20 Å². The largest absolute Gasteiger partial charge is 0.297 e. The molecule has 0 aromatic carbocycles. The molecular formula is C13H17ClN2. The molecular weight excluding hydrogens is 220 g/mol. The molecule has 86 valence electrons. The third-order valence-electron chi connectivity index (χ3n) is 3.97. The Labute approximate surface area is 102 Å². The lowest BCUT2D eigenvalue weighted by Crippen LogP contribution is -2.21. The Morgan fingerprint density at radius 2 is 2.06 bits per heavy atom. The minimum Gasteiger partial charge on any atom is -0.297 e. The fourth-order valence-electron chi connectivity index (χ4n) is 3.23. The zero-order chi connectivity index (χ0) is 11.0. The number of hydrogen-bond donors (Lipinski definition) is 0. The summed E-state index contributed by atoms with van der Waals surface area (Å²) in [6.07, 6.45) is 6.11. The molecule has 0 radical (unpaired) electrons. The van der Waals surface area contributed by atoms with Gasteiger partial charge in [0.15, 0.2) is 0 Å². The highest BCUT2D eigenvalue weighted by molar-refractivity contribution is 6.30. The second-order valence-electron chi connectivity index (χ2n) is 5.11. The topological polar surface area (TPSA) is 16.1 Å². The number of fused-ring (bicyclic) bond motifs is 1. The van der Waals surface area contributed by atoms with Gasteiger partial charge in [0.25, 0.3) is 0 Å². The van der Waals surface area contributed by atoms with Crippen LogP contribution in [0.1, 0.15) is 25.0 Å². The molecule has 1 aliphatic heterocycles. The van der Waals surface area contributed by atoms with E-state index in [1.165, 1.54) is 32.4 Å². The van der Waals surface area contributed by atoms with Crippen LogP contribution in [0.4, 0.5) is 0 Å². The van der Waals surface area contributed by atoms with Crippen LogP contribution < -0.4 is 0 Å². The maximum absolute atomic E-state index is 5.97. The Bertz CT molecular complexity index is 368. The molecule has 2 unspecified atom stereocenters. The maximum Gasteiger partial charge on any atom is 0.0558 e. The van der Waals surface area contributed by atoms with Gasteiger partial charge in [0.1, 0.15) is 0 Å². The van der Waals surface area contributed by atoms with Crippen LogP contribution in [0.15, 0.2) is 18.3 Å². The molecule has 3 rings (SSSR count). The first-order valence-corrected chi connectivity index (χ1v) is 6.52. The molecule has 1 aliphatic carbocycles. The summed E-state index contributed by atoms with van der Waals surface area (Å²) in [5.41, 5.74) is 1.10. The first-order chi connectivity index (χ1) is 7.81. The number of likely N-dealkylation sites (tertiary alicyclic amines) is 1. The van der Waals surface area contributed by atoms with Crippen LogP contribution in [-0.2, 0) is 6.54 Å². The smallest absolute Gasteiger partial charge is 0.0558 e. The lowest BCUT2D eigenvalue weighted by atomic mass is 10.0. The molecule has 0 amide bonds. The second kappa shape index (κ2) is 4.34. The highest BCUT2D eigenvalue weighted by atomic mass is 35.5. The molecule has 2 atom stereocenters. The molecule has 0 N–H and O–H groups in total. The van der Waals surface area contributed by atoms with Gasteiger partial charge in [-0.1, -0.05) is 18.0 Å². The van der Waals surface area contributed by atoms with Gasteiger partial charge in [0.05, 0.1) is 5.69 Å². The van der Waals surface area contributed by atoms with Crippen LogP contribution in [0.5, 0.6) is 0 Å². The zero-order valence-corrected chi connectivity index (χ0v) is 10.2. The highest BCUT2D eigenvalue weighted by Crippen LogP contribution is 2.38. The average Bonchev–Trinajstić information content (AvgIpc) is 2.77. The van der Waals surface area contributed by atoms with Crippen molar-refractivity contribution < 1.29 is 0 Å². The van der Waals surface area contributed by atoms with Crippen molar-refractivity contribution in [3.63, 3.8) is 0 Å². The highest BCUT2D eigenvalue weighted by Gasteiger charge is 2.35. The van der Waals surface area contributed by atoms with Crippen LogP contribution >= 0.6 is 11.6 Å². The Morgan fingerprint density at radius 1 is 1.31 bits per heavy atom. The quantitative estimate of drug-likeness (QED) is 0.785. The van der Waals surface area contributed by atoms with Crippen molar-refractivity contribution in [1.29, 1.82) is 0 Å². The third-order valence-corrected chi connectivity index (χ3v) is 4.20. The van der Waals surface area contributed by atoms with Gasteiger partial charge in [-0.25, -0.2) is 0 Å². The second-order valence-corrected chi connectivity index (χ2v) is 5.55. The van der Waals surface area contributed by atoms with Crippen molar-refractivity contribution in [1.82, 2.24) is 9.88 Å². The lowest BCUT2D eigenvalue weighted by Gasteiger charge is -2.15. The van der Waals surface area contributed by atoms with E-state index in [0.717, 1.165) is 29.1 Å². The normalized spacial score (nSPS) is 29.6. The fraction of sp³-hybridized carbons (Fsp3) is 0.615. The van der Waals surface area contributed by atoms with Crippen molar-refractivity contribution in [2.45, 2.75) is 25.8 Å². The molecule has 1 aromatic heterocycles. The number of rotatable bonds is 2. The van der Waals surface area contributed by atoms with E-state index in [-0.39, 0.29) is 0 Å². The lowest BCUT2D eigenvalue weighted by molar-refractivity contribution is 0.300. The molecule has 0 spiro atoms. The molecule has 2 heterocycles. The predicted octanol–water partition coefficient (Wildman–Crippen LogP) is 2.97. The SMILES string of the molecule is Clc1ccnc(CN2CC3CCCC3C2)c1. The summed E-state index contributed by atoms with van der Waals surface area (Å²) >= 11 is 5.97. The predicted molar refractivity (Wildman–Crippen MR) is 65.4 cm³/mol. The summed E-state index contributed by atoms with van der Waals surface area (Å²) in [4.78, 5) is 6.91. The van der Waals surface area contributed by atoms with Crippen LogP contribution in [0, 0.1) is 11.8 Å². The third kappa shape index (κ3) is 2.09. The van der Waals surface area contributed by atoms with Gasteiger partial charge in [-0.05, 0) is 36.8 Å². The summed E-state index contributed by atoms with van der Waals surface area (Å²) in [5.74, 6) is 1.92. The van der Waals surface area contributed by atoms with Gasteiger partial charge < -0.3 is 0 Å². The Kier molecular flexibility index (Phi) is 2.86. The van der Waals surface area contributed by atoms with Gasteiger partial charge in [0.2, 0.25) is 0 Å². The van der Waals surface area contributed by atoms with E-state index in [4.69, 9.17) is 11.6 Å². The Hall–Kier alpha value is -0.600. The van der Waals surface area contributed by atoms with E-state index in [1.807, 2.05) is 12.1 Å². The molecule has 1 saturated carbocycles. The number of pyridine rings is 1. The van der Waals surface area contributed by atoms with Crippen molar-refractivity contribution >= 4 is 11.6 Å². The van der Waals surface area contributed by atoms with E-state index in [2.05, 4.69) is 9.88 Å². The summed E-state index contributed by atoms with van der Waals surface area (Å²) in [6.45, 7) is 3.49. The van der Waals surface area contributed by atoms with E-state index >= 15 is 0 Å². The van der Waals surface area contributed by atoms with Crippen LogP contribution in [-0.4, -0.2) is 23.0 Å². The number of nitrogens with zero attached hydrogens (tertiary/aromatic N) is 2. The summed E-state index contributed by atoms with van der Waals surface area (Å²) < 4.78 is 0. The maximum atomic E-state index is 5.97. The standard InChI is InChI=1S/C13H17ClN2/c14-12-4-5-15-13(6-12)9-16-7-10-2-1-3-11(10)8-16/h4-6,10-11H,1-3,7-9H2. The van der Waals surface area contributed by atoms with Crippen LogP contribution in [0.25, 0.3) is 0 Å². The molecule has 2 nitrogen and oxygen atoms in total. The minimum absolute atomic E-state index is 0.796. The summed E-state index contributed by atoms with van der Waals surface area (Å²) in [5, 5.41) is 0.796. The summed E-state index contributed by atoms with van der Waals surface area (Å²) in [6, 6.07) is 3.82. The van der Waals surface area contributed by atoms with Gasteiger partial charge in [0, 0.05) is 30.9 Å². The molecule has 3 heteroatoms. The molecule has 2 aliphatic rings. The first-order valence-electron chi connectivity index (χ1n) is 6.14. The van der Waals surface area contributed by atoms with Gasteiger partial charge >= 0.3 is 0 Å². The monoisotopic (exact) mass is 236 g/mol. The van der Waals surface area contributed by atoms with Gasteiger partial charge in [-0.2, -0.15) is 0 Å². The minimum atomic E-state index is 0.796. The summed E-state index contributed by atoms with van der Waals surface area (Å²) in [7, 11) is 0. The molecule has 0 bridgehead atoms. The fourth-order valence-corrected chi connectivity index (χ4v) is 3.41. The van der Waals surface area contributed by atoms with E-state index < -0.39 is 0 Å². The van der Waals surface area contributed by atoms with Crippen molar-refractivity contribution in [3.05, 3.63) is 29.0 Å². The molecule has 16 heavy (non-hydrogen) atoms. The van der Waals surface area contributed by atoms with E-state index in [0.29, 0.717) is 0 Å². The first kappa shape index (κ1) is 10.5. The van der Waals surface area contributed by atoms with Crippen molar-refractivity contribution in [2.75, 3.05) is 13.1 Å². The average molecular weight is 237 g/mol. The Morgan fingerprint density at radius 3 is 2.75 bits per heavy atom. The van der Waals surface area contributed by atoms with Crippen LogP contribution in [0.3, 0.4) is 0 Å². The zero-order valence-electron chi connectivity index (χ0n) is 9.40. The molecule has 1 saturated heterocycles. The molecule has 2 fully saturated rings. The Balaban J connectivity index is 1.64. The number of hydrogen-bond acceptors (Lipinski definition) is 2. The molecule has 1 aromatic rings. The van der Waals surface area contributed by atoms with Gasteiger partial charge in [-0.3, -0.25) is 9.88 Å². The van der Waals surface area contributed by atoms with Crippen LogP contribution in [0.2, 0.25) is 5.02 Å². The van der Waals surface area contributed by atoms with Gasteiger partial charge in [-0.15, -0.1) is 0 Å².